The molecule has 0 heterocycles. The predicted molar refractivity (Wildman–Crippen MR) is 44.7 cm³/mol. The van der Waals surface area contributed by atoms with Crippen LogP contribution in [0.4, 0.5) is 0 Å². The standard InChI is InChI=1S/C3H7IOS2/c1-3(2)7(4,5)6/h3H,1-2H3. The van der Waals surface area contributed by atoms with Gasteiger partial charge in [-0.1, -0.05) is 13.8 Å². The molecule has 1 unspecified atom stereocenters. The normalized spacial score (nSPS) is 19.4. The van der Waals surface area contributed by atoms with E-state index in [4.69, 9.17) is 0 Å². The molecule has 0 amide bonds. The highest BCUT2D eigenvalue weighted by atomic mass is 127. The first kappa shape index (κ1) is 8.10. The lowest BCUT2D eigenvalue weighted by Crippen LogP contribution is -2.02. The first-order valence-electron chi connectivity index (χ1n) is 1.88. The monoisotopic (exact) mass is 250 g/mol. The molecular weight excluding hydrogens is 243 g/mol. The van der Waals surface area contributed by atoms with Crippen molar-refractivity contribution in [2.24, 2.45) is 0 Å². The first-order valence-corrected chi connectivity index (χ1v) is 6.97. The third kappa shape index (κ3) is 3.66. The minimum atomic E-state index is -1.94. The van der Waals surface area contributed by atoms with Crippen molar-refractivity contribution in [3.8, 4) is 0 Å². The Kier molecular flexibility index (Phi) is 3.00. The molecule has 7 heavy (non-hydrogen) atoms. The van der Waals surface area contributed by atoms with Crippen molar-refractivity contribution in [3.63, 3.8) is 0 Å². The summed E-state index contributed by atoms with van der Waals surface area (Å²) < 4.78 is 10.7. The van der Waals surface area contributed by atoms with Crippen LogP contribution in [0, 0.1) is 0 Å². The zero-order valence-electron chi connectivity index (χ0n) is 4.18. The molecule has 0 aliphatic heterocycles. The van der Waals surface area contributed by atoms with Crippen molar-refractivity contribution in [1.29, 1.82) is 0 Å². The molecule has 44 valence electrons. The first-order chi connectivity index (χ1) is 2.94. The minimum absolute atomic E-state index is 0.128. The van der Waals surface area contributed by atoms with Crippen LogP contribution < -0.4 is 0 Å². The Morgan fingerprint density at radius 2 is 1.86 bits per heavy atom. The van der Waals surface area contributed by atoms with E-state index in [0.29, 0.717) is 0 Å². The van der Waals surface area contributed by atoms with Crippen molar-refractivity contribution in [3.05, 3.63) is 0 Å². The van der Waals surface area contributed by atoms with Crippen LogP contribution in [-0.4, -0.2) is 9.46 Å². The molecular formula is C3H7IOS2. The average Bonchev–Trinajstić information content (AvgIpc) is 1.31. The van der Waals surface area contributed by atoms with E-state index in [-0.39, 0.29) is 5.25 Å². The maximum absolute atomic E-state index is 10.7. The largest absolute Gasteiger partial charge is 0.246 e. The Morgan fingerprint density at radius 1 is 1.71 bits per heavy atom. The summed E-state index contributed by atoms with van der Waals surface area (Å²) in [7, 11) is 0. The van der Waals surface area contributed by atoms with Gasteiger partial charge >= 0.3 is 0 Å². The van der Waals surface area contributed by atoms with Gasteiger partial charge in [-0.25, -0.2) is 4.21 Å². The van der Waals surface area contributed by atoms with E-state index in [2.05, 4.69) is 11.2 Å². The molecule has 0 radical (unpaired) electrons. The Morgan fingerprint density at radius 3 is 1.86 bits per heavy atom. The molecule has 0 aliphatic carbocycles. The Balaban J connectivity index is 4.10. The zero-order chi connectivity index (χ0) is 6.08. The van der Waals surface area contributed by atoms with Gasteiger partial charge in [0.1, 0.15) is 0 Å². The Labute approximate surface area is 61.1 Å². The SMILES string of the molecule is CC(C)S(=O)(=S)I. The Hall–Kier alpha value is 1.10. The lowest BCUT2D eigenvalue weighted by atomic mass is 10.6. The topological polar surface area (TPSA) is 17.1 Å². The molecule has 0 aromatic carbocycles. The van der Waals surface area contributed by atoms with Gasteiger partial charge in [0.05, 0.1) is 5.66 Å². The summed E-state index contributed by atoms with van der Waals surface area (Å²) in [4.78, 5) is 0. The van der Waals surface area contributed by atoms with Crippen molar-refractivity contribution < 1.29 is 4.21 Å². The van der Waals surface area contributed by atoms with Crippen LogP contribution in [0.3, 0.4) is 0 Å². The number of halogens is 1. The van der Waals surface area contributed by atoms with Gasteiger partial charge in [0, 0.05) is 26.5 Å². The van der Waals surface area contributed by atoms with E-state index < -0.39 is 5.66 Å². The van der Waals surface area contributed by atoms with E-state index in [1.165, 1.54) is 0 Å². The predicted octanol–water partition coefficient (Wildman–Crippen LogP) is 1.49. The summed E-state index contributed by atoms with van der Waals surface area (Å²) in [6, 6.07) is 0. The third-order valence-corrected chi connectivity index (χ3v) is 5.90. The molecule has 0 fully saturated rings. The lowest BCUT2D eigenvalue weighted by Gasteiger charge is -1.97. The fourth-order valence-corrected chi connectivity index (χ4v) is 0. The van der Waals surface area contributed by atoms with Gasteiger partial charge in [-0.05, 0) is 11.2 Å². The highest BCUT2D eigenvalue weighted by molar-refractivity contribution is 14.2. The summed E-state index contributed by atoms with van der Waals surface area (Å²) in [5.74, 6) is 0. The van der Waals surface area contributed by atoms with Crippen molar-refractivity contribution >= 4 is 38.1 Å². The molecule has 0 N–H and O–H groups in total. The van der Waals surface area contributed by atoms with Crippen LogP contribution in [0.5, 0.6) is 0 Å². The average molecular weight is 250 g/mol. The molecule has 0 spiro atoms. The Bertz CT molecular complexity index is 135. The van der Waals surface area contributed by atoms with E-state index in [1.807, 2.05) is 35.1 Å². The van der Waals surface area contributed by atoms with Crippen molar-refractivity contribution in [1.82, 2.24) is 0 Å². The van der Waals surface area contributed by atoms with Crippen LogP contribution in [0.25, 0.3) is 0 Å². The quantitative estimate of drug-likeness (QED) is 0.518. The van der Waals surface area contributed by atoms with Crippen molar-refractivity contribution in [2.75, 3.05) is 0 Å². The molecule has 0 saturated heterocycles. The number of hydrogen-bond donors (Lipinski definition) is 0. The molecule has 4 heteroatoms. The summed E-state index contributed by atoms with van der Waals surface area (Å²) in [6.07, 6.45) is 0. The molecule has 1 nitrogen and oxygen atoms in total. The molecule has 0 bridgehead atoms. The second kappa shape index (κ2) is 2.59. The lowest BCUT2D eigenvalue weighted by molar-refractivity contribution is 0.686. The van der Waals surface area contributed by atoms with Gasteiger partial charge in [-0.2, -0.15) is 0 Å². The van der Waals surface area contributed by atoms with Gasteiger partial charge in [0.15, 0.2) is 0 Å². The maximum Gasteiger partial charge on any atom is 0.0876 e. The molecule has 0 aromatic heterocycles. The smallest absolute Gasteiger partial charge is 0.0876 e. The van der Waals surface area contributed by atoms with E-state index in [1.54, 1.807) is 0 Å². The highest BCUT2D eigenvalue weighted by Gasteiger charge is 2.03. The second-order valence-corrected chi connectivity index (χ2v) is 10.6. The molecule has 1 atom stereocenters. The third-order valence-electron chi connectivity index (χ3n) is 0.563. The number of hydrogen-bond acceptors (Lipinski definition) is 2. The van der Waals surface area contributed by atoms with E-state index in [9.17, 15) is 4.21 Å². The zero-order valence-corrected chi connectivity index (χ0v) is 7.97. The van der Waals surface area contributed by atoms with Crippen LogP contribution in [0.15, 0.2) is 0 Å². The second-order valence-electron chi connectivity index (χ2n) is 1.52. The summed E-state index contributed by atoms with van der Waals surface area (Å²) >= 11 is 6.43. The van der Waals surface area contributed by atoms with Gasteiger partial charge in [-0.3, -0.25) is 0 Å². The van der Waals surface area contributed by atoms with E-state index in [0.717, 1.165) is 0 Å². The summed E-state index contributed by atoms with van der Waals surface area (Å²) in [5.41, 5.74) is -1.94. The van der Waals surface area contributed by atoms with Gasteiger partial charge in [0.25, 0.3) is 0 Å². The van der Waals surface area contributed by atoms with Crippen LogP contribution in [0.2, 0.25) is 0 Å². The van der Waals surface area contributed by atoms with Crippen LogP contribution in [-0.2, 0) is 16.9 Å². The maximum atomic E-state index is 10.7. The van der Waals surface area contributed by atoms with Crippen molar-refractivity contribution in [2.45, 2.75) is 19.1 Å². The summed E-state index contributed by atoms with van der Waals surface area (Å²) in [6.45, 7) is 3.73. The van der Waals surface area contributed by atoms with Gasteiger partial charge < -0.3 is 0 Å². The molecule has 0 saturated carbocycles. The van der Waals surface area contributed by atoms with Gasteiger partial charge in [0.2, 0.25) is 0 Å². The number of rotatable bonds is 1. The fraction of sp³-hybridized carbons (Fsp3) is 1.00. The molecule has 0 aromatic rings. The minimum Gasteiger partial charge on any atom is -0.246 e. The fourth-order valence-electron chi connectivity index (χ4n) is 0. The van der Waals surface area contributed by atoms with Crippen LogP contribution in [0.1, 0.15) is 13.8 Å². The van der Waals surface area contributed by atoms with E-state index >= 15 is 0 Å². The summed E-state index contributed by atoms with van der Waals surface area (Å²) in [5, 5.41) is 0.128. The molecule has 0 rings (SSSR count). The van der Waals surface area contributed by atoms with Gasteiger partial charge in [-0.15, -0.1) is 0 Å². The molecule has 0 aliphatic rings. The highest BCUT2D eigenvalue weighted by Crippen LogP contribution is 2.08. The van der Waals surface area contributed by atoms with Crippen LogP contribution >= 0.6 is 21.2 Å².